The predicted octanol–water partition coefficient (Wildman–Crippen LogP) is 5.09. The molecule has 24 heavy (non-hydrogen) atoms. The van der Waals surface area contributed by atoms with Crippen molar-refractivity contribution >= 4 is 29.4 Å². The summed E-state index contributed by atoms with van der Waals surface area (Å²) in [5, 5.41) is 2.58. The van der Waals surface area contributed by atoms with Gasteiger partial charge >= 0.3 is 6.18 Å². The summed E-state index contributed by atoms with van der Waals surface area (Å²) >= 11 is 1.43. The van der Waals surface area contributed by atoms with E-state index in [0.717, 1.165) is 17.7 Å². The first-order valence-electron chi connectivity index (χ1n) is 7.21. The van der Waals surface area contributed by atoms with Gasteiger partial charge in [-0.1, -0.05) is 42.5 Å². The number of alkyl halides is 3. The van der Waals surface area contributed by atoms with Crippen LogP contribution in [0.4, 0.5) is 18.9 Å². The predicted molar refractivity (Wildman–Crippen MR) is 92.9 cm³/mol. The number of halogens is 3. The lowest BCUT2D eigenvalue weighted by Gasteiger charge is -2.08. The Labute approximate surface area is 142 Å². The van der Waals surface area contributed by atoms with Crippen LogP contribution >= 0.6 is 11.8 Å². The minimum Gasteiger partial charge on any atom is -0.325 e. The highest BCUT2D eigenvalue weighted by molar-refractivity contribution is 8.00. The van der Waals surface area contributed by atoms with Gasteiger partial charge in [0.1, 0.15) is 0 Å². The molecule has 0 heterocycles. The Morgan fingerprint density at radius 1 is 1.04 bits per heavy atom. The van der Waals surface area contributed by atoms with Gasteiger partial charge in [-0.3, -0.25) is 4.79 Å². The largest absolute Gasteiger partial charge is 0.416 e. The van der Waals surface area contributed by atoms with Crippen molar-refractivity contribution in [1.29, 1.82) is 0 Å². The summed E-state index contributed by atoms with van der Waals surface area (Å²) in [6.45, 7) is 0. The number of hydrogen-bond donors (Lipinski definition) is 1. The SMILES string of the molecule is O=C(CSC/C=C\c1ccccc1)Nc1ccc(C(F)(F)F)cc1. The average molecular weight is 351 g/mol. The molecule has 126 valence electrons. The van der Waals surface area contributed by atoms with E-state index in [-0.39, 0.29) is 11.7 Å². The molecular weight excluding hydrogens is 335 g/mol. The molecule has 2 rings (SSSR count). The number of rotatable bonds is 6. The van der Waals surface area contributed by atoms with Crippen molar-refractivity contribution < 1.29 is 18.0 Å². The quantitative estimate of drug-likeness (QED) is 0.735. The molecule has 2 aromatic carbocycles. The van der Waals surface area contributed by atoms with Crippen molar-refractivity contribution in [3.8, 4) is 0 Å². The first-order valence-corrected chi connectivity index (χ1v) is 8.37. The zero-order valence-corrected chi connectivity index (χ0v) is 13.5. The van der Waals surface area contributed by atoms with Crippen LogP contribution < -0.4 is 5.32 Å². The Morgan fingerprint density at radius 2 is 1.71 bits per heavy atom. The second-order valence-corrected chi connectivity index (χ2v) is 5.98. The fraction of sp³-hybridized carbons (Fsp3) is 0.167. The van der Waals surface area contributed by atoms with E-state index in [0.29, 0.717) is 11.4 Å². The van der Waals surface area contributed by atoms with E-state index in [9.17, 15) is 18.0 Å². The summed E-state index contributed by atoms with van der Waals surface area (Å²) in [4.78, 5) is 11.7. The van der Waals surface area contributed by atoms with Gasteiger partial charge in [-0.25, -0.2) is 0 Å². The molecule has 0 atom stereocenters. The Kier molecular flexibility index (Phi) is 6.49. The lowest BCUT2D eigenvalue weighted by Crippen LogP contribution is -2.14. The molecule has 1 N–H and O–H groups in total. The number of anilines is 1. The topological polar surface area (TPSA) is 29.1 Å². The molecule has 0 unspecified atom stereocenters. The molecule has 0 aliphatic rings. The molecule has 6 heteroatoms. The van der Waals surface area contributed by atoms with Crippen LogP contribution in [0.5, 0.6) is 0 Å². The average Bonchev–Trinajstić information content (AvgIpc) is 2.55. The molecule has 0 aliphatic heterocycles. The smallest absolute Gasteiger partial charge is 0.325 e. The van der Waals surface area contributed by atoms with Gasteiger partial charge in [-0.15, -0.1) is 11.8 Å². The molecule has 0 aliphatic carbocycles. The Hall–Kier alpha value is -2.21. The number of amides is 1. The van der Waals surface area contributed by atoms with Gasteiger partial charge in [0, 0.05) is 11.4 Å². The molecule has 2 aromatic rings. The standard InChI is InChI=1S/C18H16F3NOS/c19-18(20,21)15-8-10-16(11-9-15)22-17(23)13-24-12-4-7-14-5-2-1-3-6-14/h1-11H,12-13H2,(H,22,23)/b7-4-. The number of carbonyl (C=O) groups is 1. The van der Waals surface area contributed by atoms with E-state index in [4.69, 9.17) is 0 Å². The molecule has 0 radical (unpaired) electrons. The van der Waals surface area contributed by atoms with Gasteiger partial charge in [-0.2, -0.15) is 13.2 Å². The minimum atomic E-state index is -4.37. The van der Waals surface area contributed by atoms with E-state index >= 15 is 0 Å². The van der Waals surface area contributed by atoms with Gasteiger partial charge in [0.15, 0.2) is 0 Å². The molecule has 1 amide bonds. The zero-order valence-electron chi connectivity index (χ0n) is 12.7. The summed E-state index contributed by atoms with van der Waals surface area (Å²) < 4.78 is 37.3. The van der Waals surface area contributed by atoms with Crippen LogP contribution in [-0.2, 0) is 11.0 Å². The molecule has 2 nitrogen and oxygen atoms in total. The normalized spacial score (nSPS) is 11.6. The number of carbonyl (C=O) groups excluding carboxylic acids is 1. The van der Waals surface area contributed by atoms with E-state index in [1.807, 2.05) is 42.5 Å². The molecule has 0 bridgehead atoms. The van der Waals surface area contributed by atoms with Crippen molar-refractivity contribution in [2.45, 2.75) is 6.18 Å². The third-order valence-corrected chi connectivity index (χ3v) is 3.95. The fourth-order valence-electron chi connectivity index (χ4n) is 1.91. The van der Waals surface area contributed by atoms with Crippen LogP contribution in [0.2, 0.25) is 0 Å². The molecule has 0 aromatic heterocycles. The number of hydrogen-bond acceptors (Lipinski definition) is 2. The Balaban J connectivity index is 1.72. The maximum absolute atomic E-state index is 12.4. The van der Waals surface area contributed by atoms with Crippen molar-refractivity contribution in [3.05, 3.63) is 71.8 Å². The highest BCUT2D eigenvalue weighted by Gasteiger charge is 2.29. The van der Waals surface area contributed by atoms with E-state index < -0.39 is 11.7 Å². The van der Waals surface area contributed by atoms with Gasteiger partial charge in [0.05, 0.1) is 11.3 Å². The summed E-state index contributed by atoms with van der Waals surface area (Å²) in [6.07, 6.45) is -0.435. The summed E-state index contributed by atoms with van der Waals surface area (Å²) in [5.74, 6) is 0.669. The Bertz CT molecular complexity index is 682. The van der Waals surface area contributed by atoms with Crippen molar-refractivity contribution in [2.75, 3.05) is 16.8 Å². The number of benzene rings is 2. The fourth-order valence-corrected chi connectivity index (χ4v) is 2.52. The lowest BCUT2D eigenvalue weighted by atomic mass is 10.2. The maximum atomic E-state index is 12.4. The molecule has 0 fully saturated rings. The zero-order chi connectivity index (χ0) is 17.4. The van der Waals surface area contributed by atoms with Gasteiger partial charge in [0.2, 0.25) is 5.91 Å². The molecule has 0 spiro atoms. The summed E-state index contributed by atoms with van der Waals surface area (Å²) in [5.41, 5.74) is 0.710. The number of thioether (sulfide) groups is 1. The summed E-state index contributed by atoms with van der Waals surface area (Å²) in [6, 6.07) is 14.2. The van der Waals surface area contributed by atoms with Crippen LogP contribution in [0.15, 0.2) is 60.7 Å². The summed E-state index contributed by atoms with van der Waals surface area (Å²) in [7, 11) is 0. The van der Waals surface area contributed by atoms with E-state index in [1.54, 1.807) is 0 Å². The molecule has 0 saturated heterocycles. The van der Waals surface area contributed by atoms with Crippen LogP contribution in [-0.4, -0.2) is 17.4 Å². The van der Waals surface area contributed by atoms with Crippen LogP contribution in [0.25, 0.3) is 6.08 Å². The van der Waals surface area contributed by atoms with Gasteiger partial charge in [0.25, 0.3) is 0 Å². The van der Waals surface area contributed by atoms with Gasteiger partial charge in [-0.05, 0) is 29.8 Å². The van der Waals surface area contributed by atoms with Crippen molar-refractivity contribution in [2.24, 2.45) is 0 Å². The highest BCUT2D eigenvalue weighted by Crippen LogP contribution is 2.29. The van der Waals surface area contributed by atoms with E-state index in [2.05, 4.69) is 5.32 Å². The van der Waals surface area contributed by atoms with Crippen molar-refractivity contribution in [1.82, 2.24) is 0 Å². The van der Waals surface area contributed by atoms with Crippen LogP contribution in [0.1, 0.15) is 11.1 Å². The van der Waals surface area contributed by atoms with Gasteiger partial charge < -0.3 is 5.32 Å². The van der Waals surface area contributed by atoms with Crippen molar-refractivity contribution in [3.63, 3.8) is 0 Å². The van der Waals surface area contributed by atoms with Crippen LogP contribution in [0.3, 0.4) is 0 Å². The highest BCUT2D eigenvalue weighted by atomic mass is 32.2. The monoisotopic (exact) mass is 351 g/mol. The second-order valence-electron chi connectivity index (χ2n) is 4.95. The lowest BCUT2D eigenvalue weighted by molar-refractivity contribution is -0.137. The molecule has 0 saturated carbocycles. The maximum Gasteiger partial charge on any atom is 0.416 e. The third kappa shape index (κ3) is 6.12. The minimum absolute atomic E-state index is 0.236. The Morgan fingerprint density at radius 3 is 2.33 bits per heavy atom. The van der Waals surface area contributed by atoms with Crippen LogP contribution in [0, 0.1) is 0 Å². The number of nitrogens with one attached hydrogen (secondary N) is 1. The first-order chi connectivity index (χ1) is 11.4. The second kappa shape index (κ2) is 8.59. The first kappa shape index (κ1) is 18.1. The molecular formula is C18H16F3NOS. The third-order valence-electron chi connectivity index (χ3n) is 3.05. The van der Waals surface area contributed by atoms with E-state index in [1.165, 1.54) is 23.9 Å².